The maximum Gasteiger partial charge on any atom is 0.243 e. The van der Waals surface area contributed by atoms with Gasteiger partial charge in [0.15, 0.2) is 52.0 Å². The molecule has 0 aliphatic carbocycles. The quantitative estimate of drug-likeness (QED) is 0.00989. The van der Waals surface area contributed by atoms with Gasteiger partial charge in [0.1, 0.15) is 35.4 Å². The van der Waals surface area contributed by atoms with Crippen LogP contribution in [0.2, 0.25) is 0 Å². The van der Waals surface area contributed by atoms with Gasteiger partial charge in [-0.15, -0.1) is 0 Å². The van der Waals surface area contributed by atoms with Crippen molar-refractivity contribution in [1.82, 2.24) is 95.8 Å². The van der Waals surface area contributed by atoms with E-state index in [2.05, 4.69) is 95.8 Å². The first-order chi connectivity index (χ1) is 69.9. The van der Waals surface area contributed by atoms with Gasteiger partial charge in [-0.05, 0) is 194 Å². The lowest BCUT2D eigenvalue weighted by molar-refractivity contribution is -0.142. The summed E-state index contributed by atoms with van der Waals surface area (Å²) in [5.74, 6) is -11.1. The molecule has 0 radical (unpaired) electrons. The number of H-pyrrole nitrogens is 1. The van der Waals surface area contributed by atoms with Crippen molar-refractivity contribution in [2.45, 2.75) is 360 Å². The van der Waals surface area contributed by atoms with E-state index < -0.39 is 216 Å². The number of carbonyl (C=O) groups excluding carboxylic acids is 19. The van der Waals surface area contributed by atoms with Gasteiger partial charge in [-0.2, -0.15) is 0 Å². The van der Waals surface area contributed by atoms with Crippen molar-refractivity contribution >= 4 is 122 Å². The number of ketones is 13. The largest absolute Gasteiger partial charge is 0.508 e. The van der Waals surface area contributed by atoms with E-state index in [1.54, 1.807) is 110 Å². The molecule has 3 aromatic carbocycles. The normalized spacial score (nSPS) is 21.8. The predicted octanol–water partition coefficient (Wildman–Crippen LogP) is 2.09. The number of aliphatic hydroxyl groups is 1. The van der Waals surface area contributed by atoms with Gasteiger partial charge in [-0.1, -0.05) is 120 Å². The molecule has 0 fully saturated rings. The van der Waals surface area contributed by atoms with Crippen molar-refractivity contribution in [1.29, 1.82) is 0 Å². The van der Waals surface area contributed by atoms with E-state index in [1.807, 2.05) is 58.0 Å². The Bertz CT molecular complexity index is 5090. The van der Waals surface area contributed by atoms with Crippen LogP contribution in [0, 0.1) is 11.8 Å². The van der Waals surface area contributed by atoms with Gasteiger partial charge >= 0.3 is 0 Å². The van der Waals surface area contributed by atoms with Gasteiger partial charge in [-0.25, -0.2) is 21.7 Å². The second kappa shape index (κ2) is 65.6. The summed E-state index contributed by atoms with van der Waals surface area (Å²) in [5, 5.41) is 60.1. The number of primary amides is 2. The van der Waals surface area contributed by atoms with Crippen LogP contribution < -0.4 is 102 Å². The van der Waals surface area contributed by atoms with Crippen molar-refractivity contribution in [3.05, 3.63) is 114 Å². The number of rotatable bonds is 52. The number of nitrogens with two attached hydrogens (primary N) is 2. The van der Waals surface area contributed by atoms with Crippen molar-refractivity contribution < 1.29 is 101 Å². The molecule has 0 spiro atoms. The highest BCUT2D eigenvalue weighted by molar-refractivity contribution is 6.41. The van der Waals surface area contributed by atoms with E-state index in [0.717, 1.165) is 0 Å². The summed E-state index contributed by atoms with van der Waals surface area (Å²) < 4.78 is 0. The number of aromatic nitrogens is 1. The number of amides is 6. The lowest BCUT2D eigenvalue weighted by Gasteiger charge is -2.33. The molecule has 0 saturated heterocycles. The van der Waals surface area contributed by atoms with Crippen molar-refractivity contribution in [2.24, 2.45) is 23.3 Å². The first-order valence-corrected chi connectivity index (χ1v) is 51.9. The Morgan fingerprint density at radius 3 is 1.62 bits per heavy atom. The monoisotopic (exact) mass is 2070 g/mol. The Labute approximate surface area is 869 Å². The molecule has 2 heterocycles. The molecule has 0 saturated carbocycles. The summed E-state index contributed by atoms with van der Waals surface area (Å²) in [7, 11) is 0. The zero-order valence-corrected chi connectivity index (χ0v) is 89.1. The number of nitrogens with one attached hydrogen (secondary N) is 18. The highest BCUT2D eigenvalue weighted by atomic mass is 16.3. The molecule has 820 valence electrons. The number of aromatic hydroxyl groups is 1. The first kappa shape index (κ1) is 127. The summed E-state index contributed by atoms with van der Waals surface area (Å²) in [4.78, 5) is 266. The molecule has 0 unspecified atom stereocenters. The number of carbonyl (C=O) groups is 19. The lowest BCUT2D eigenvalue weighted by atomic mass is 9.88. The number of para-hydroxylation sites is 1. The van der Waals surface area contributed by atoms with Crippen LogP contribution in [0.4, 0.5) is 0 Å². The number of Topliss-reactive ketones (excluding diaryl/α,β-unsaturated/α-hetero) is 13. The number of phenolic OH excluding ortho intramolecular Hbond substituents is 1. The summed E-state index contributed by atoms with van der Waals surface area (Å²) in [6.45, 7) is 24.6. The number of aliphatic hydroxyl groups excluding tert-OH is 1. The molecule has 148 heavy (non-hydrogen) atoms. The minimum absolute atomic E-state index is 0.00164. The highest BCUT2D eigenvalue weighted by Gasteiger charge is 2.42. The maximum atomic E-state index is 15.1. The fourth-order valence-corrected chi connectivity index (χ4v) is 16.6. The molecular formula is C107H166N20O21. The predicted molar refractivity (Wildman–Crippen MR) is 563 cm³/mol. The van der Waals surface area contributed by atoms with Gasteiger partial charge in [0.25, 0.3) is 0 Å². The standard InChI is InChI=1S/C107H166N20O21/c1-63(2)51-85(120-74(14)129)104(147)122-99(73(13)128)101(144)100(143)83(53-75-31-25-24-26-32-75)126-127-107(16)47-30-23-21-19-17-18-20-22-29-46-106(15,96(140)60-114-68(8)91(135)45-50-112-67(7)90(134)44-49-111-66(6)89(133)43-48-110-65(5)87(131)40-41-88(132)69(9)118-62-119-72(12)102(109)145)123-105(148)86(52-64(3)4)125-124-81(39-42-98(108)142)95(139)59-113-70(10)92(136)56-93(137)82(55-77-57-116-80-34-28-27-33-79(77)80)121-103(146)84(54-76-35-37-78(130)38-36-76)117-58-94(138)71(11)115-61-97(107)141/h18,20,24-28,31-38,57,63-73,81-86,99,110-119,124-128,130H,17,19,21-23,29-30,39-56,58-62H2,1-16H3,(H2,108,142)(H2,109,145)(H,120,129)(H,121,146)(H,122,147)(H,123,148)/t65-,66-,67-,68-,69-,70-,71-,72+,73+,81-,82-,83-,84-,85-,86-,99-,106-,107+/m0/s1. The van der Waals surface area contributed by atoms with Gasteiger partial charge < -0.3 is 79.8 Å². The second-order valence-corrected chi connectivity index (χ2v) is 40.5. The summed E-state index contributed by atoms with van der Waals surface area (Å²) >= 11 is 0. The fraction of sp³-hybridized carbons (Fsp3) is 0.617. The molecule has 1 aliphatic heterocycles. The number of fused-ring (bicyclic) bond motifs is 1. The molecule has 4 aromatic rings. The zero-order valence-electron chi connectivity index (χ0n) is 89.1. The van der Waals surface area contributed by atoms with Crippen molar-refractivity contribution in [3.63, 3.8) is 0 Å². The van der Waals surface area contributed by atoms with Gasteiger partial charge in [0.05, 0.1) is 122 Å². The van der Waals surface area contributed by atoms with Crippen molar-refractivity contribution in [3.8, 4) is 5.75 Å². The average molecular weight is 2070 g/mol. The SMILES string of the molecule is CC(=O)N[C@@H](CC(C)C)C(=O)N[C@H](C(=O)C(=O)[C@H](Cc1ccccc1)NN[C@]1(C)CCCCCCC=CCCC[C@@](C)(C(=O)CN[C@@H](C)C(=O)CCN[C@@H](C)C(=O)CCN[C@@H](C)C(=O)CCN[C@@H](C)C(=O)CCC(=O)[C@H](C)NCN[C@H](C)C(N)=O)NC(=O)[C@H](CC(C)C)NN[C@@H](CCC(N)=O)C(=O)CN[C@@H](C)C(=O)CC(=O)[C@H](Cc2c[nH]c3ccccc23)NC(=O)[C@H](Cc2ccc(O)cc2)NCC(=O)[C@H](C)NCC1=O)[C@@H](C)O. The number of phenols is 1. The molecule has 41 nitrogen and oxygen atoms in total. The second-order valence-electron chi connectivity index (χ2n) is 40.5. The van der Waals surface area contributed by atoms with E-state index >= 15 is 9.59 Å². The number of benzene rings is 3. The van der Waals surface area contributed by atoms with E-state index in [0.29, 0.717) is 72.5 Å². The average Bonchev–Trinajstić information content (AvgIpc) is 1.60. The van der Waals surface area contributed by atoms with Crippen LogP contribution in [0.15, 0.2) is 97.2 Å². The Balaban J connectivity index is 1.40. The molecule has 6 amide bonds. The number of aromatic amines is 1. The minimum Gasteiger partial charge on any atom is -0.508 e. The Kier molecular flexibility index (Phi) is 56.4. The molecule has 0 bridgehead atoms. The van der Waals surface area contributed by atoms with Crippen LogP contribution in [0.1, 0.15) is 249 Å². The van der Waals surface area contributed by atoms with Crippen LogP contribution in [0.3, 0.4) is 0 Å². The molecule has 18 atom stereocenters. The Morgan fingerprint density at radius 2 is 1.04 bits per heavy atom. The van der Waals surface area contributed by atoms with E-state index in [4.69, 9.17) is 11.5 Å². The smallest absolute Gasteiger partial charge is 0.243 e. The highest BCUT2D eigenvalue weighted by Crippen LogP contribution is 2.25. The first-order valence-electron chi connectivity index (χ1n) is 51.9. The van der Waals surface area contributed by atoms with E-state index in [-0.39, 0.29) is 169 Å². The summed E-state index contributed by atoms with van der Waals surface area (Å²) in [5.41, 5.74) is 22.2. The topological polar surface area (TPSA) is 637 Å². The maximum absolute atomic E-state index is 15.1. The molecule has 1 aromatic heterocycles. The molecule has 41 heteroatoms. The molecule has 5 rings (SSSR count). The third kappa shape index (κ3) is 46.0. The van der Waals surface area contributed by atoms with Crippen LogP contribution in [-0.2, 0) is 110 Å². The lowest BCUT2D eigenvalue weighted by Crippen LogP contribution is -2.64. The minimum atomic E-state index is -1.77. The zero-order chi connectivity index (χ0) is 110. The summed E-state index contributed by atoms with van der Waals surface area (Å²) in [6.07, 6.45) is 6.80. The van der Waals surface area contributed by atoms with Crippen molar-refractivity contribution in [2.75, 3.05) is 52.5 Å². The Hall–Kier alpha value is -11.3. The third-order valence-corrected chi connectivity index (χ3v) is 26.8. The third-order valence-electron chi connectivity index (χ3n) is 26.8. The number of allylic oxidation sites excluding steroid dienone is 2. The van der Waals surface area contributed by atoms with E-state index in [1.165, 1.54) is 39.8 Å². The van der Waals surface area contributed by atoms with Gasteiger partial charge in [0, 0.05) is 95.3 Å². The number of hydrazine groups is 2. The van der Waals surface area contributed by atoms with Crippen LogP contribution in [-0.4, -0.2) is 286 Å². The number of hydrogen-bond donors (Lipinski definition) is 22. The summed E-state index contributed by atoms with van der Waals surface area (Å²) in [6, 6.07) is 6.28. The number of hydrogen-bond acceptors (Lipinski definition) is 34. The van der Waals surface area contributed by atoms with E-state index in [9.17, 15) is 91.7 Å². The Morgan fingerprint density at radius 1 is 0.500 bits per heavy atom. The molecular weight excluding hydrogens is 1900 g/mol. The van der Waals surface area contributed by atoms with Crippen LogP contribution >= 0.6 is 0 Å². The van der Waals surface area contributed by atoms with Gasteiger partial charge in [-0.3, -0.25) is 107 Å². The fourth-order valence-electron chi connectivity index (χ4n) is 16.6. The molecule has 24 N–H and O–H groups in total. The van der Waals surface area contributed by atoms with Crippen LogP contribution in [0.25, 0.3) is 10.9 Å². The van der Waals surface area contributed by atoms with Crippen LogP contribution in [0.5, 0.6) is 5.75 Å². The van der Waals surface area contributed by atoms with Gasteiger partial charge in [0.2, 0.25) is 47.0 Å². The molecule has 1 aliphatic rings.